The number of hydrogen-bond acceptors (Lipinski definition) is 3. The van der Waals surface area contributed by atoms with Crippen molar-refractivity contribution in [1.82, 2.24) is 5.32 Å². The van der Waals surface area contributed by atoms with Crippen molar-refractivity contribution in [2.24, 2.45) is 0 Å². The fourth-order valence-electron chi connectivity index (χ4n) is 2.51. The van der Waals surface area contributed by atoms with E-state index in [9.17, 15) is 5.11 Å². The highest BCUT2D eigenvalue weighted by Crippen LogP contribution is 2.29. The van der Waals surface area contributed by atoms with Crippen molar-refractivity contribution >= 4 is 0 Å². The van der Waals surface area contributed by atoms with Crippen LogP contribution in [0.15, 0.2) is 24.3 Å². The third-order valence-corrected chi connectivity index (χ3v) is 3.65. The van der Waals surface area contributed by atoms with Crippen molar-refractivity contribution in [1.29, 1.82) is 5.26 Å². The Balaban J connectivity index is 2.04. The Morgan fingerprint density at radius 3 is 2.65 bits per heavy atom. The molecule has 17 heavy (non-hydrogen) atoms. The summed E-state index contributed by atoms with van der Waals surface area (Å²) in [7, 11) is 0. The molecule has 3 nitrogen and oxygen atoms in total. The van der Waals surface area contributed by atoms with E-state index in [-0.39, 0.29) is 12.1 Å². The fraction of sp³-hybridized carbons (Fsp3) is 0.500. The topological polar surface area (TPSA) is 56.0 Å². The number of aliphatic hydroxyl groups is 1. The molecular formula is C14H18N2O. The van der Waals surface area contributed by atoms with E-state index < -0.39 is 0 Å². The van der Waals surface area contributed by atoms with E-state index in [2.05, 4.69) is 11.4 Å². The molecule has 2 rings (SSSR count). The lowest BCUT2D eigenvalue weighted by Gasteiger charge is -2.28. The molecule has 1 aromatic carbocycles. The first-order valence-electron chi connectivity index (χ1n) is 6.13. The van der Waals surface area contributed by atoms with E-state index in [0.717, 1.165) is 18.4 Å². The lowest BCUT2D eigenvalue weighted by molar-refractivity contribution is 0.163. The van der Waals surface area contributed by atoms with Crippen molar-refractivity contribution in [2.75, 3.05) is 6.61 Å². The van der Waals surface area contributed by atoms with Crippen LogP contribution in [0, 0.1) is 11.3 Å². The standard InChI is InChI=1S/C14H18N2O/c15-9-12-5-1-2-6-13(12)10-16-14(11-17)7-3-4-8-14/h1-2,5-6,16-17H,3-4,7-8,10-11H2. The molecule has 1 saturated carbocycles. The molecule has 1 aromatic rings. The van der Waals surface area contributed by atoms with Crippen molar-refractivity contribution in [3.8, 4) is 6.07 Å². The van der Waals surface area contributed by atoms with Gasteiger partial charge in [-0.15, -0.1) is 0 Å². The van der Waals surface area contributed by atoms with Crippen molar-refractivity contribution in [2.45, 2.75) is 37.8 Å². The Hall–Kier alpha value is -1.37. The van der Waals surface area contributed by atoms with Crippen LogP contribution in [0.4, 0.5) is 0 Å². The number of nitrogens with one attached hydrogen (secondary N) is 1. The van der Waals surface area contributed by atoms with Gasteiger partial charge in [0, 0.05) is 12.1 Å². The van der Waals surface area contributed by atoms with Gasteiger partial charge in [0.15, 0.2) is 0 Å². The molecule has 1 aliphatic rings. The number of nitrogens with zero attached hydrogens (tertiary/aromatic N) is 1. The van der Waals surface area contributed by atoms with Gasteiger partial charge in [-0.3, -0.25) is 0 Å². The summed E-state index contributed by atoms with van der Waals surface area (Å²) in [6, 6.07) is 9.81. The SMILES string of the molecule is N#Cc1ccccc1CNC1(CO)CCCC1. The Morgan fingerprint density at radius 1 is 1.29 bits per heavy atom. The Bertz CT molecular complexity index is 416. The smallest absolute Gasteiger partial charge is 0.0995 e. The van der Waals surface area contributed by atoms with Crippen LogP contribution < -0.4 is 5.32 Å². The van der Waals surface area contributed by atoms with Gasteiger partial charge in [-0.05, 0) is 24.5 Å². The average molecular weight is 230 g/mol. The second-order valence-electron chi connectivity index (χ2n) is 4.77. The predicted octanol–water partition coefficient (Wildman–Crippen LogP) is 1.95. The first-order chi connectivity index (χ1) is 8.29. The molecule has 0 heterocycles. The molecule has 2 N–H and O–H groups in total. The molecule has 0 amide bonds. The number of benzene rings is 1. The maximum Gasteiger partial charge on any atom is 0.0995 e. The van der Waals surface area contributed by atoms with E-state index in [1.54, 1.807) is 0 Å². The molecule has 90 valence electrons. The van der Waals surface area contributed by atoms with Crippen LogP contribution in [0.25, 0.3) is 0 Å². The lowest BCUT2D eigenvalue weighted by atomic mass is 9.98. The highest BCUT2D eigenvalue weighted by molar-refractivity contribution is 5.37. The first kappa shape index (κ1) is 12.1. The highest BCUT2D eigenvalue weighted by Gasteiger charge is 2.32. The Labute approximate surface area is 102 Å². The monoisotopic (exact) mass is 230 g/mol. The number of nitriles is 1. The third kappa shape index (κ3) is 2.66. The second-order valence-corrected chi connectivity index (χ2v) is 4.77. The molecule has 0 atom stereocenters. The maximum absolute atomic E-state index is 9.49. The third-order valence-electron chi connectivity index (χ3n) is 3.65. The van der Waals surface area contributed by atoms with E-state index in [1.807, 2.05) is 24.3 Å². The zero-order valence-corrected chi connectivity index (χ0v) is 9.95. The minimum absolute atomic E-state index is 0.122. The van der Waals surface area contributed by atoms with Gasteiger partial charge in [-0.1, -0.05) is 31.0 Å². The Kier molecular flexibility index (Phi) is 3.78. The molecular weight excluding hydrogens is 212 g/mol. The van der Waals surface area contributed by atoms with Crippen LogP contribution >= 0.6 is 0 Å². The minimum atomic E-state index is -0.122. The zero-order valence-electron chi connectivity index (χ0n) is 9.95. The molecule has 0 aliphatic heterocycles. The zero-order chi connectivity index (χ0) is 12.1. The summed E-state index contributed by atoms with van der Waals surface area (Å²) in [5.74, 6) is 0. The summed E-state index contributed by atoms with van der Waals surface area (Å²) < 4.78 is 0. The maximum atomic E-state index is 9.49. The molecule has 0 bridgehead atoms. The number of rotatable bonds is 4. The van der Waals surface area contributed by atoms with Gasteiger partial charge in [-0.2, -0.15) is 5.26 Å². The van der Waals surface area contributed by atoms with Crippen LogP contribution in [0.5, 0.6) is 0 Å². The van der Waals surface area contributed by atoms with E-state index in [1.165, 1.54) is 12.8 Å². The van der Waals surface area contributed by atoms with Gasteiger partial charge in [-0.25, -0.2) is 0 Å². The number of hydrogen-bond donors (Lipinski definition) is 2. The second kappa shape index (κ2) is 5.31. The van der Waals surface area contributed by atoms with Crippen molar-refractivity contribution in [3.63, 3.8) is 0 Å². The van der Waals surface area contributed by atoms with E-state index in [0.29, 0.717) is 12.1 Å². The quantitative estimate of drug-likeness (QED) is 0.831. The van der Waals surface area contributed by atoms with Gasteiger partial charge >= 0.3 is 0 Å². The molecule has 0 spiro atoms. The van der Waals surface area contributed by atoms with E-state index in [4.69, 9.17) is 5.26 Å². The average Bonchev–Trinajstić information content (AvgIpc) is 2.86. The van der Waals surface area contributed by atoms with Crippen LogP contribution in [0.3, 0.4) is 0 Å². The van der Waals surface area contributed by atoms with Crippen molar-refractivity contribution in [3.05, 3.63) is 35.4 Å². The summed E-state index contributed by atoms with van der Waals surface area (Å²) >= 11 is 0. The van der Waals surface area contributed by atoms with Gasteiger partial charge in [0.05, 0.1) is 18.2 Å². The highest BCUT2D eigenvalue weighted by atomic mass is 16.3. The Morgan fingerprint density at radius 2 is 2.00 bits per heavy atom. The molecule has 3 heteroatoms. The van der Waals surface area contributed by atoms with Crippen LogP contribution in [-0.2, 0) is 6.54 Å². The molecule has 1 aliphatic carbocycles. The van der Waals surface area contributed by atoms with Crippen LogP contribution in [0.2, 0.25) is 0 Å². The first-order valence-corrected chi connectivity index (χ1v) is 6.13. The molecule has 0 radical (unpaired) electrons. The van der Waals surface area contributed by atoms with Gasteiger partial charge in [0.1, 0.15) is 0 Å². The van der Waals surface area contributed by atoms with Gasteiger partial charge < -0.3 is 10.4 Å². The van der Waals surface area contributed by atoms with Crippen LogP contribution in [0.1, 0.15) is 36.8 Å². The normalized spacial score (nSPS) is 17.9. The fourth-order valence-corrected chi connectivity index (χ4v) is 2.51. The molecule has 0 aromatic heterocycles. The van der Waals surface area contributed by atoms with Gasteiger partial charge in [0.2, 0.25) is 0 Å². The largest absolute Gasteiger partial charge is 0.394 e. The van der Waals surface area contributed by atoms with Gasteiger partial charge in [0.25, 0.3) is 0 Å². The lowest BCUT2D eigenvalue weighted by Crippen LogP contribution is -2.45. The summed E-state index contributed by atoms with van der Waals surface area (Å²) in [6.07, 6.45) is 4.40. The van der Waals surface area contributed by atoms with Crippen molar-refractivity contribution < 1.29 is 5.11 Å². The minimum Gasteiger partial charge on any atom is -0.394 e. The number of aliphatic hydroxyl groups excluding tert-OH is 1. The summed E-state index contributed by atoms with van der Waals surface area (Å²) in [5, 5.41) is 21.9. The molecule has 1 fully saturated rings. The van der Waals surface area contributed by atoms with Crippen LogP contribution in [-0.4, -0.2) is 17.3 Å². The van der Waals surface area contributed by atoms with E-state index >= 15 is 0 Å². The molecule has 0 saturated heterocycles. The predicted molar refractivity (Wildman–Crippen MR) is 66.3 cm³/mol. The summed E-state index contributed by atoms with van der Waals surface area (Å²) in [5.41, 5.74) is 1.60. The summed E-state index contributed by atoms with van der Waals surface area (Å²) in [6.45, 7) is 0.839. The summed E-state index contributed by atoms with van der Waals surface area (Å²) in [4.78, 5) is 0. The molecule has 0 unspecified atom stereocenters.